The number of anilines is 2. The number of thioether (sulfide) groups is 1. The van der Waals surface area contributed by atoms with Gasteiger partial charge < -0.3 is 16.0 Å². The number of hydrogen-bond acceptors (Lipinski definition) is 9. The van der Waals surface area contributed by atoms with Crippen molar-refractivity contribution in [2.45, 2.75) is 25.0 Å². The van der Waals surface area contributed by atoms with Gasteiger partial charge in [-0.05, 0) is 19.9 Å². The predicted octanol–water partition coefficient (Wildman–Crippen LogP) is 2.13. The number of nitrogens with zero attached hydrogens (tertiary/aromatic N) is 6. The molecule has 13 heteroatoms. The van der Waals surface area contributed by atoms with Crippen LogP contribution in [0.25, 0.3) is 5.78 Å². The van der Waals surface area contributed by atoms with E-state index in [1.54, 1.807) is 10.5 Å². The number of aromatic nitrogens is 5. The second-order valence-electron chi connectivity index (χ2n) is 6.13. The summed E-state index contributed by atoms with van der Waals surface area (Å²) in [6.45, 7) is 5.04. The van der Waals surface area contributed by atoms with Gasteiger partial charge in [-0.15, -0.1) is 10.2 Å². The van der Waals surface area contributed by atoms with Gasteiger partial charge in [-0.3, -0.25) is 4.79 Å². The molecule has 1 unspecified atom stereocenters. The molecule has 3 aromatic rings. The average Bonchev–Trinajstić information content (AvgIpc) is 3.14. The number of nitriles is 1. The number of nitrogens with one attached hydrogen (secondary N) is 3. The van der Waals surface area contributed by atoms with Crippen molar-refractivity contribution >= 4 is 35.3 Å². The fourth-order valence-corrected chi connectivity index (χ4v) is 3.38. The first-order chi connectivity index (χ1) is 15.0. The first-order valence-corrected chi connectivity index (χ1v) is 10.3. The molecule has 0 saturated carbocycles. The molecule has 0 aliphatic rings. The Hall–Kier alpha value is -3.53. The van der Waals surface area contributed by atoms with E-state index in [1.165, 1.54) is 0 Å². The van der Waals surface area contributed by atoms with Crippen molar-refractivity contribution in [1.29, 1.82) is 5.26 Å². The normalized spacial score (nSPS) is 11.7. The van der Waals surface area contributed by atoms with Crippen molar-refractivity contribution in [1.82, 2.24) is 29.9 Å². The first-order valence-electron chi connectivity index (χ1n) is 9.34. The molecule has 1 aromatic carbocycles. The van der Waals surface area contributed by atoms with E-state index in [0.717, 1.165) is 23.9 Å². The van der Waals surface area contributed by atoms with Crippen LogP contribution in [0.2, 0.25) is 0 Å². The lowest BCUT2D eigenvalue weighted by atomic mass is 10.1. The molecule has 10 nitrogen and oxygen atoms in total. The van der Waals surface area contributed by atoms with Gasteiger partial charge in [-0.1, -0.05) is 17.8 Å². The van der Waals surface area contributed by atoms with E-state index < -0.39 is 23.6 Å². The molecule has 2 aromatic heterocycles. The summed E-state index contributed by atoms with van der Waals surface area (Å²) in [5.74, 6) is -1.19. The van der Waals surface area contributed by atoms with Gasteiger partial charge in [0.05, 0.1) is 11.8 Å². The second-order valence-corrected chi connectivity index (χ2v) is 7.08. The topological polar surface area (TPSA) is 133 Å². The number of rotatable bonds is 9. The summed E-state index contributed by atoms with van der Waals surface area (Å²) < 4.78 is 28.6. The van der Waals surface area contributed by atoms with Crippen LogP contribution in [0.15, 0.2) is 23.4 Å². The maximum atomic E-state index is 13.9. The minimum absolute atomic E-state index is 0.117. The van der Waals surface area contributed by atoms with Crippen molar-refractivity contribution < 1.29 is 13.6 Å². The summed E-state index contributed by atoms with van der Waals surface area (Å²) in [6.07, 6.45) is 0. The Balaban J connectivity index is 1.74. The summed E-state index contributed by atoms with van der Waals surface area (Å²) in [5.41, 5.74) is -0.117. The van der Waals surface area contributed by atoms with E-state index >= 15 is 0 Å². The van der Waals surface area contributed by atoms with Crippen LogP contribution in [0.5, 0.6) is 0 Å². The maximum Gasteiger partial charge on any atom is 0.261 e. The highest BCUT2D eigenvalue weighted by molar-refractivity contribution is 7.99. The Morgan fingerprint density at radius 3 is 2.68 bits per heavy atom. The van der Waals surface area contributed by atoms with Crippen LogP contribution in [0.4, 0.5) is 20.7 Å². The third-order valence-electron chi connectivity index (χ3n) is 3.96. The molecule has 3 rings (SSSR count). The molecular formula is C18H19F2N9OS. The summed E-state index contributed by atoms with van der Waals surface area (Å²) >= 11 is 1.05. The Morgan fingerprint density at radius 1 is 1.23 bits per heavy atom. The number of carbonyl (C=O) groups is 1. The monoisotopic (exact) mass is 447 g/mol. The molecule has 0 radical (unpaired) electrons. The Kier molecular flexibility index (Phi) is 7.14. The highest BCUT2D eigenvalue weighted by atomic mass is 32.2. The highest BCUT2D eigenvalue weighted by Gasteiger charge is 2.20. The van der Waals surface area contributed by atoms with Crippen molar-refractivity contribution in [3.05, 3.63) is 35.4 Å². The summed E-state index contributed by atoms with van der Waals surface area (Å²) in [7, 11) is 0. The SMILES string of the molecule is CCNc1nc(NCC)n2c(SCC(=O)NC(C#N)c3ccc(F)cc3F)nnc2n1. The molecule has 0 saturated heterocycles. The standard InChI is InChI=1S/C18H19F2N9OS/c1-3-22-15-25-16(23-4-2)29-17(26-15)27-28-18(29)31-9-14(30)24-13(8-21)11-6-5-10(19)7-12(11)20/h5-7,13H,3-4,9H2,1-2H3,(H,24,30)(H2,22,23,25,26,27). The highest BCUT2D eigenvalue weighted by Crippen LogP contribution is 2.22. The van der Waals surface area contributed by atoms with Gasteiger partial charge in [0.25, 0.3) is 5.78 Å². The lowest BCUT2D eigenvalue weighted by Crippen LogP contribution is -2.29. The van der Waals surface area contributed by atoms with E-state index in [0.29, 0.717) is 42.0 Å². The second kappa shape index (κ2) is 9.98. The first kappa shape index (κ1) is 22.2. The van der Waals surface area contributed by atoms with Gasteiger partial charge in [0.15, 0.2) is 5.16 Å². The van der Waals surface area contributed by atoms with Crippen LogP contribution in [0, 0.1) is 23.0 Å². The lowest BCUT2D eigenvalue weighted by molar-refractivity contribution is -0.118. The van der Waals surface area contributed by atoms with Crippen molar-refractivity contribution in [2.75, 3.05) is 29.5 Å². The van der Waals surface area contributed by atoms with E-state index in [-0.39, 0.29) is 11.3 Å². The Morgan fingerprint density at radius 2 is 2.00 bits per heavy atom. The van der Waals surface area contributed by atoms with Gasteiger partial charge >= 0.3 is 0 Å². The number of halogens is 2. The molecule has 31 heavy (non-hydrogen) atoms. The van der Waals surface area contributed by atoms with Crippen LogP contribution in [-0.2, 0) is 4.79 Å². The molecule has 1 amide bonds. The zero-order valence-electron chi connectivity index (χ0n) is 16.7. The molecule has 1 atom stereocenters. The minimum atomic E-state index is -1.26. The molecule has 2 heterocycles. The van der Waals surface area contributed by atoms with E-state index in [4.69, 9.17) is 0 Å². The van der Waals surface area contributed by atoms with Gasteiger partial charge in [-0.25, -0.2) is 13.2 Å². The number of benzene rings is 1. The summed E-state index contributed by atoms with van der Waals surface area (Å²) in [5, 5.41) is 26.3. The number of fused-ring (bicyclic) bond motifs is 1. The van der Waals surface area contributed by atoms with Gasteiger partial charge in [0.2, 0.25) is 17.8 Å². The minimum Gasteiger partial charge on any atom is -0.355 e. The Bertz CT molecular complexity index is 1130. The van der Waals surface area contributed by atoms with Gasteiger partial charge in [0, 0.05) is 24.7 Å². The van der Waals surface area contributed by atoms with Crippen LogP contribution in [-0.4, -0.2) is 49.3 Å². The zero-order valence-corrected chi connectivity index (χ0v) is 17.5. The van der Waals surface area contributed by atoms with Crippen molar-refractivity contribution in [3.63, 3.8) is 0 Å². The van der Waals surface area contributed by atoms with Crippen LogP contribution < -0.4 is 16.0 Å². The van der Waals surface area contributed by atoms with Crippen molar-refractivity contribution in [2.24, 2.45) is 0 Å². The van der Waals surface area contributed by atoms with E-state index in [2.05, 4.69) is 36.1 Å². The molecule has 0 aliphatic carbocycles. The zero-order chi connectivity index (χ0) is 22.4. The summed E-state index contributed by atoms with van der Waals surface area (Å²) in [6, 6.07) is 3.35. The quantitative estimate of drug-likeness (QED) is 0.422. The van der Waals surface area contributed by atoms with Gasteiger partial charge in [0.1, 0.15) is 17.7 Å². The Labute approximate surface area is 180 Å². The molecule has 3 N–H and O–H groups in total. The number of amides is 1. The number of hydrogen-bond donors (Lipinski definition) is 3. The fourth-order valence-electron chi connectivity index (χ4n) is 2.65. The third-order valence-corrected chi connectivity index (χ3v) is 4.88. The maximum absolute atomic E-state index is 13.9. The summed E-state index contributed by atoms with van der Waals surface area (Å²) in [4.78, 5) is 21.0. The van der Waals surface area contributed by atoms with E-state index in [1.807, 2.05) is 13.8 Å². The van der Waals surface area contributed by atoms with Crippen LogP contribution in [0.1, 0.15) is 25.5 Å². The van der Waals surface area contributed by atoms with E-state index in [9.17, 15) is 18.8 Å². The molecular weight excluding hydrogens is 428 g/mol. The fraction of sp³-hybridized carbons (Fsp3) is 0.333. The van der Waals surface area contributed by atoms with Crippen LogP contribution in [0.3, 0.4) is 0 Å². The molecule has 0 spiro atoms. The van der Waals surface area contributed by atoms with Gasteiger partial charge in [-0.2, -0.15) is 15.2 Å². The largest absolute Gasteiger partial charge is 0.355 e. The smallest absolute Gasteiger partial charge is 0.261 e. The average molecular weight is 447 g/mol. The van der Waals surface area contributed by atoms with Crippen LogP contribution >= 0.6 is 11.8 Å². The molecule has 0 bridgehead atoms. The third kappa shape index (κ3) is 5.15. The molecule has 0 fully saturated rings. The molecule has 162 valence electrons. The van der Waals surface area contributed by atoms with Crippen molar-refractivity contribution in [3.8, 4) is 6.07 Å². The lowest BCUT2D eigenvalue weighted by Gasteiger charge is -2.13. The predicted molar refractivity (Wildman–Crippen MR) is 110 cm³/mol. The molecule has 0 aliphatic heterocycles. The number of carbonyl (C=O) groups excluding carboxylic acids is 1.